The first-order valence-electron chi connectivity index (χ1n) is 7.43. The number of ketones is 2. The van der Waals surface area contributed by atoms with E-state index in [4.69, 9.17) is 10.8 Å². The van der Waals surface area contributed by atoms with Crippen LogP contribution in [0.1, 0.15) is 27.0 Å². The Kier molecular flexibility index (Phi) is 4.00. The van der Waals surface area contributed by atoms with Crippen LogP contribution in [-0.2, 0) is 22.4 Å². The van der Waals surface area contributed by atoms with Gasteiger partial charge >= 0.3 is 5.97 Å². The Morgan fingerprint density at radius 3 is 2.62 bits per heavy atom. The molecule has 0 saturated heterocycles. The van der Waals surface area contributed by atoms with Crippen LogP contribution in [0.15, 0.2) is 48.0 Å². The van der Waals surface area contributed by atoms with Crippen LogP contribution in [0, 0.1) is 0 Å². The molecule has 2 aromatic carbocycles. The van der Waals surface area contributed by atoms with Gasteiger partial charge in [-0.05, 0) is 41.0 Å². The quantitative estimate of drug-likeness (QED) is 0.665. The lowest BCUT2D eigenvalue weighted by atomic mass is 9.87. The molecule has 24 heavy (non-hydrogen) atoms. The third kappa shape index (κ3) is 2.96. The molecule has 0 aliphatic heterocycles. The van der Waals surface area contributed by atoms with Crippen molar-refractivity contribution in [2.24, 2.45) is 0 Å². The van der Waals surface area contributed by atoms with E-state index in [1.54, 1.807) is 30.3 Å². The Hall–Kier alpha value is -3.21. The second-order valence-electron chi connectivity index (χ2n) is 5.68. The van der Waals surface area contributed by atoms with Crippen molar-refractivity contribution in [1.29, 1.82) is 0 Å². The Labute approximate surface area is 138 Å². The van der Waals surface area contributed by atoms with Crippen molar-refractivity contribution in [3.8, 4) is 0 Å². The maximum Gasteiger partial charge on any atom is 0.335 e. The molecule has 0 spiro atoms. The SMILES string of the molecule is Nc1cccc2c1CC(=O)C(C(=O)Cc1cccc(C(=O)O)c1)=C2. The number of nitrogens with two attached hydrogens (primary N) is 1. The number of carbonyl (C=O) groups is 3. The number of anilines is 1. The molecule has 2 aromatic rings. The van der Waals surface area contributed by atoms with Gasteiger partial charge in [0.2, 0.25) is 0 Å². The third-order valence-corrected chi connectivity index (χ3v) is 4.03. The number of rotatable bonds is 4. The molecule has 5 heteroatoms. The Balaban J connectivity index is 1.89. The van der Waals surface area contributed by atoms with Crippen LogP contribution in [0.25, 0.3) is 6.08 Å². The van der Waals surface area contributed by atoms with Crippen molar-refractivity contribution in [2.45, 2.75) is 12.8 Å². The highest BCUT2D eigenvalue weighted by Gasteiger charge is 2.25. The van der Waals surface area contributed by atoms with Crippen molar-refractivity contribution >= 4 is 29.3 Å². The van der Waals surface area contributed by atoms with Crippen LogP contribution in [0.3, 0.4) is 0 Å². The standard InChI is InChI=1S/C19H15NO4/c20-16-6-2-4-12-9-15(18(22)10-14(12)16)17(21)8-11-3-1-5-13(7-11)19(23)24/h1-7,9H,8,10,20H2,(H,23,24). The van der Waals surface area contributed by atoms with Crippen LogP contribution in [0.4, 0.5) is 5.69 Å². The average Bonchev–Trinajstić information content (AvgIpc) is 2.55. The van der Waals surface area contributed by atoms with Crippen LogP contribution in [-0.4, -0.2) is 22.6 Å². The van der Waals surface area contributed by atoms with Gasteiger partial charge in [-0.2, -0.15) is 0 Å². The van der Waals surface area contributed by atoms with E-state index in [0.29, 0.717) is 11.3 Å². The molecular weight excluding hydrogens is 306 g/mol. The summed E-state index contributed by atoms with van der Waals surface area (Å²) >= 11 is 0. The fraction of sp³-hybridized carbons (Fsp3) is 0.105. The smallest absolute Gasteiger partial charge is 0.335 e. The van der Waals surface area contributed by atoms with Gasteiger partial charge < -0.3 is 10.8 Å². The van der Waals surface area contributed by atoms with Gasteiger partial charge in [-0.25, -0.2) is 4.79 Å². The molecule has 5 nitrogen and oxygen atoms in total. The van der Waals surface area contributed by atoms with Gasteiger partial charge in [0.1, 0.15) is 0 Å². The number of carbonyl (C=O) groups excluding carboxylic acids is 2. The van der Waals surface area contributed by atoms with Crippen molar-refractivity contribution in [2.75, 3.05) is 5.73 Å². The summed E-state index contributed by atoms with van der Waals surface area (Å²) < 4.78 is 0. The molecule has 0 unspecified atom stereocenters. The number of nitrogen functional groups attached to an aromatic ring is 1. The summed E-state index contributed by atoms with van der Waals surface area (Å²) in [7, 11) is 0. The van der Waals surface area contributed by atoms with Gasteiger partial charge in [0.25, 0.3) is 0 Å². The summed E-state index contributed by atoms with van der Waals surface area (Å²) in [6.07, 6.45) is 1.66. The summed E-state index contributed by atoms with van der Waals surface area (Å²) in [5.74, 6) is -1.64. The Bertz CT molecular complexity index is 896. The van der Waals surface area contributed by atoms with Crippen molar-refractivity contribution in [1.82, 2.24) is 0 Å². The van der Waals surface area contributed by atoms with Crippen molar-refractivity contribution in [3.63, 3.8) is 0 Å². The third-order valence-electron chi connectivity index (χ3n) is 4.03. The summed E-state index contributed by atoms with van der Waals surface area (Å²) in [6.45, 7) is 0. The van der Waals surface area contributed by atoms with E-state index in [1.165, 1.54) is 12.1 Å². The van der Waals surface area contributed by atoms with Gasteiger partial charge in [0.15, 0.2) is 11.6 Å². The molecule has 0 radical (unpaired) electrons. The van der Waals surface area contributed by atoms with E-state index >= 15 is 0 Å². The fourth-order valence-corrected chi connectivity index (χ4v) is 2.79. The van der Waals surface area contributed by atoms with Gasteiger partial charge in [0.05, 0.1) is 11.1 Å². The predicted octanol–water partition coefficient (Wildman–Crippen LogP) is 2.29. The number of carboxylic acids is 1. The zero-order valence-corrected chi connectivity index (χ0v) is 12.8. The molecule has 0 aromatic heterocycles. The normalized spacial score (nSPS) is 13.2. The van der Waals surface area contributed by atoms with Crippen molar-refractivity contribution < 1.29 is 19.5 Å². The van der Waals surface area contributed by atoms with Crippen LogP contribution in [0.2, 0.25) is 0 Å². The molecule has 0 bridgehead atoms. The van der Waals surface area contributed by atoms with Crippen LogP contribution < -0.4 is 5.73 Å². The Morgan fingerprint density at radius 1 is 1.12 bits per heavy atom. The summed E-state index contributed by atoms with van der Waals surface area (Å²) in [5, 5.41) is 9.01. The zero-order chi connectivity index (χ0) is 17.3. The lowest BCUT2D eigenvalue weighted by Gasteiger charge is -2.16. The molecule has 3 rings (SSSR count). The first-order valence-corrected chi connectivity index (χ1v) is 7.43. The molecule has 0 amide bonds. The zero-order valence-electron chi connectivity index (χ0n) is 12.8. The molecule has 0 fully saturated rings. The lowest BCUT2D eigenvalue weighted by molar-refractivity contribution is -0.120. The molecular formula is C19H15NO4. The second-order valence-corrected chi connectivity index (χ2v) is 5.68. The minimum atomic E-state index is -1.05. The number of hydrogen-bond donors (Lipinski definition) is 2. The average molecular weight is 321 g/mol. The minimum Gasteiger partial charge on any atom is -0.478 e. The van der Waals surface area contributed by atoms with E-state index < -0.39 is 5.97 Å². The second kappa shape index (κ2) is 6.12. The molecule has 1 aliphatic rings. The number of Topliss-reactive ketones (excluding diaryl/α,β-unsaturated/α-hetero) is 2. The number of allylic oxidation sites excluding steroid dienone is 1. The lowest BCUT2D eigenvalue weighted by Crippen LogP contribution is -2.21. The summed E-state index contributed by atoms with van der Waals surface area (Å²) in [6, 6.07) is 11.5. The number of benzene rings is 2. The first-order chi connectivity index (χ1) is 11.5. The highest BCUT2D eigenvalue weighted by molar-refractivity contribution is 6.25. The van der Waals surface area contributed by atoms with Gasteiger partial charge in [-0.1, -0.05) is 24.3 Å². The minimum absolute atomic E-state index is 0.0175. The highest BCUT2D eigenvalue weighted by atomic mass is 16.4. The molecule has 1 aliphatic carbocycles. The topological polar surface area (TPSA) is 97.5 Å². The first kappa shape index (κ1) is 15.7. The van der Waals surface area contributed by atoms with E-state index in [9.17, 15) is 14.4 Å². The van der Waals surface area contributed by atoms with Gasteiger partial charge in [-0.3, -0.25) is 9.59 Å². The Morgan fingerprint density at radius 2 is 1.88 bits per heavy atom. The van der Waals surface area contributed by atoms with E-state index in [0.717, 1.165) is 11.1 Å². The number of carboxylic acid groups (broad SMARTS) is 1. The van der Waals surface area contributed by atoms with Gasteiger partial charge in [0, 0.05) is 18.5 Å². The number of fused-ring (bicyclic) bond motifs is 1. The largest absolute Gasteiger partial charge is 0.478 e. The maximum atomic E-state index is 12.5. The number of aromatic carboxylic acids is 1. The monoisotopic (exact) mass is 321 g/mol. The molecule has 120 valence electrons. The van der Waals surface area contributed by atoms with Crippen LogP contribution >= 0.6 is 0 Å². The summed E-state index contributed by atoms with van der Waals surface area (Å²) in [4.78, 5) is 35.8. The molecule has 0 saturated carbocycles. The number of hydrogen-bond acceptors (Lipinski definition) is 4. The summed E-state index contributed by atoms with van der Waals surface area (Å²) in [5.41, 5.74) is 8.74. The van der Waals surface area contributed by atoms with Crippen molar-refractivity contribution in [3.05, 3.63) is 70.3 Å². The van der Waals surface area contributed by atoms with E-state index in [-0.39, 0.29) is 35.5 Å². The molecule has 3 N–H and O–H groups in total. The van der Waals surface area contributed by atoms with E-state index in [1.807, 2.05) is 6.07 Å². The maximum absolute atomic E-state index is 12.5. The molecule has 0 heterocycles. The fourth-order valence-electron chi connectivity index (χ4n) is 2.79. The molecule has 0 atom stereocenters. The highest BCUT2D eigenvalue weighted by Crippen LogP contribution is 2.27. The van der Waals surface area contributed by atoms with Gasteiger partial charge in [-0.15, -0.1) is 0 Å². The van der Waals surface area contributed by atoms with Crippen LogP contribution in [0.5, 0.6) is 0 Å². The predicted molar refractivity (Wildman–Crippen MR) is 89.7 cm³/mol. The van der Waals surface area contributed by atoms with E-state index in [2.05, 4.69) is 0 Å².